The van der Waals surface area contributed by atoms with Crippen molar-refractivity contribution in [3.05, 3.63) is 38.2 Å². The number of aryl methyl sites for hydroxylation is 1. The zero-order valence-corrected chi connectivity index (χ0v) is 16.4. The molecule has 1 aliphatic rings. The van der Waals surface area contributed by atoms with Gasteiger partial charge in [-0.25, -0.2) is 4.79 Å². The molecule has 0 bridgehead atoms. The Balaban J connectivity index is 1.80. The molecule has 0 radical (unpaired) electrons. The first kappa shape index (κ1) is 20.2. The predicted octanol–water partition coefficient (Wildman–Crippen LogP) is 1.48. The summed E-state index contributed by atoms with van der Waals surface area (Å²) in [5.74, 6) is -2.78. The van der Waals surface area contributed by atoms with Crippen molar-refractivity contribution in [2.24, 2.45) is 13.0 Å². The highest BCUT2D eigenvalue weighted by Gasteiger charge is 2.37. The van der Waals surface area contributed by atoms with Gasteiger partial charge in [0.2, 0.25) is 0 Å². The quantitative estimate of drug-likeness (QED) is 0.507. The molecule has 0 aliphatic heterocycles. The van der Waals surface area contributed by atoms with Crippen LogP contribution in [0.5, 0.6) is 5.75 Å². The number of carbonyl (C=O) groups excluding carboxylic acids is 3. The molecule has 1 aromatic heterocycles. The Hall–Kier alpha value is -2.52. The number of benzene rings is 1. The van der Waals surface area contributed by atoms with Gasteiger partial charge in [-0.3, -0.25) is 14.4 Å². The van der Waals surface area contributed by atoms with Crippen molar-refractivity contribution < 1.29 is 19.1 Å². The molecule has 11 heteroatoms. The molecular weight excluding hydrogens is 411 g/mol. The van der Waals surface area contributed by atoms with Crippen LogP contribution in [0, 0.1) is 5.92 Å². The largest absolute Gasteiger partial charge is 0.488 e. The summed E-state index contributed by atoms with van der Waals surface area (Å²) in [5.41, 5.74) is -0.426. The molecule has 0 spiro atoms. The lowest BCUT2D eigenvalue weighted by Gasteiger charge is -2.19. The van der Waals surface area contributed by atoms with Crippen molar-refractivity contribution in [3.8, 4) is 5.75 Å². The van der Waals surface area contributed by atoms with Gasteiger partial charge >= 0.3 is 5.69 Å². The first-order valence-electron chi connectivity index (χ1n) is 8.48. The normalized spacial score (nSPS) is 15.1. The maximum atomic E-state index is 12.8. The average Bonchev–Trinajstić information content (AvgIpc) is 2.96. The number of hydrogen-bond donors (Lipinski definition) is 0. The van der Waals surface area contributed by atoms with Gasteiger partial charge in [0.25, 0.3) is 0 Å². The van der Waals surface area contributed by atoms with E-state index in [2.05, 4.69) is 10.4 Å². The molecule has 1 aliphatic carbocycles. The van der Waals surface area contributed by atoms with E-state index < -0.39 is 29.0 Å². The average molecular weight is 427 g/mol. The van der Waals surface area contributed by atoms with E-state index in [1.165, 1.54) is 19.2 Å². The molecule has 0 atom stereocenters. The number of aromatic nitrogens is 4. The van der Waals surface area contributed by atoms with Crippen molar-refractivity contribution >= 4 is 40.6 Å². The lowest BCUT2D eigenvalue weighted by molar-refractivity contribution is -0.133. The van der Waals surface area contributed by atoms with Crippen LogP contribution in [0.2, 0.25) is 10.0 Å². The minimum atomic E-state index is -1.33. The summed E-state index contributed by atoms with van der Waals surface area (Å²) in [7, 11) is 1.46. The number of ketones is 3. The minimum absolute atomic E-state index is 0.00802. The Bertz CT molecular complexity index is 997. The zero-order chi connectivity index (χ0) is 20.4. The lowest BCUT2D eigenvalue weighted by atomic mass is 9.81. The van der Waals surface area contributed by atoms with E-state index in [1.54, 1.807) is 0 Å². The van der Waals surface area contributed by atoms with E-state index in [-0.39, 0.29) is 47.4 Å². The molecule has 28 heavy (non-hydrogen) atoms. The highest BCUT2D eigenvalue weighted by Crippen LogP contribution is 2.37. The van der Waals surface area contributed by atoms with Crippen molar-refractivity contribution in [1.29, 1.82) is 0 Å². The van der Waals surface area contributed by atoms with Crippen molar-refractivity contribution in [3.63, 3.8) is 0 Å². The lowest BCUT2D eigenvalue weighted by Crippen LogP contribution is -2.35. The summed E-state index contributed by atoms with van der Waals surface area (Å²) in [4.78, 5) is 48.6. The first-order valence-corrected chi connectivity index (χ1v) is 9.24. The Morgan fingerprint density at radius 3 is 2.46 bits per heavy atom. The molecular formula is C17H16Cl2N4O5. The van der Waals surface area contributed by atoms with Crippen LogP contribution in [0.3, 0.4) is 0 Å². The standard InChI is InChI=1S/C17H16Cl2N4O5/c1-22-17(27)23(21-20-22)7-8-28-16-10(18)6-5-9(14(16)19)15(26)13-11(24)3-2-4-12(13)25/h5-6,13H,2-4,7-8H2,1H3. The number of carbonyl (C=O) groups is 3. The molecule has 1 fully saturated rings. The number of hydrogen-bond acceptors (Lipinski definition) is 7. The molecule has 0 unspecified atom stereocenters. The van der Waals surface area contributed by atoms with Gasteiger partial charge in [-0.1, -0.05) is 23.2 Å². The zero-order valence-electron chi connectivity index (χ0n) is 14.9. The minimum Gasteiger partial charge on any atom is -0.488 e. The number of Topliss-reactive ketones (excluding diaryl/α,β-unsaturated/α-hetero) is 3. The van der Waals surface area contributed by atoms with E-state index >= 15 is 0 Å². The van der Waals surface area contributed by atoms with Crippen molar-refractivity contribution in [1.82, 2.24) is 19.8 Å². The van der Waals surface area contributed by atoms with Gasteiger partial charge in [0.05, 0.1) is 16.6 Å². The third-order valence-corrected chi connectivity index (χ3v) is 5.07. The van der Waals surface area contributed by atoms with Crippen LogP contribution >= 0.6 is 23.2 Å². The summed E-state index contributed by atoms with van der Waals surface area (Å²) in [6.45, 7) is 0.0636. The number of halogens is 2. The Morgan fingerprint density at radius 2 is 1.86 bits per heavy atom. The third kappa shape index (κ3) is 3.85. The van der Waals surface area contributed by atoms with Crippen LogP contribution in [0.25, 0.3) is 0 Å². The molecule has 3 rings (SSSR count). The van der Waals surface area contributed by atoms with Crippen LogP contribution in [-0.2, 0) is 23.2 Å². The second-order valence-electron chi connectivity index (χ2n) is 6.28. The summed E-state index contributed by atoms with van der Waals surface area (Å²) in [6, 6.07) is 2.77. The smallest absolute Gasteiger partial charge is 0.363 e. The van der Waals surface area contributed by atoms with Crippen LogP contribution in [-0.4, -0.2) is 43.7 Å². The number of nitrogens with zero attached hydrogens (tertiary/aromatic N) is 4. The summed E-state index contributed by atoms with van der Waals surface area (Å²) in [6.07, 6.45) is 0.819. The Kier molecular flexibility index (Phi) is 5.95. The summed E-state index contributed by atoms with van der Waals surface area (Å²) in [5, 5.41) is 7.30. The second-order valence-corrected chi connectivity index (χ2v) is 7.06. The van der Waals surface area contributed by atoms with Gasteiger partial charge < -0.3 is 4.74 Å². The van der Waals surface area contributed by atoms with Crippen LogP contribution < -0.4 is 10.4 Å². The van der Waals surface area contributed by atoms with Gasteiger partial charge in [0.1, 0.15) is 12.5 Å². The molecule has 0 amide bonds. The number of rotatable bonds is 6. The highest BCUT2D eigenvalue weighted by atomic mass is 35.5. The summed E-state index contributed by atoms with van der Waals surface area (Å²) >= 11 is 12.4. The third-order valence-electron chi connectivity index (χ3n) is 4.40. The van der Waals surface area contributed by atoms with Gasteiger partial charge in [0, 0.05) is 25.5 Å². The van der Waals surface area contributed by atoms with Crippen LogP contribution in [0.1, 0.15) is 29.6 Å². The highest BCUT2D eigenvalue weighted by molar-refractivity contribution is 6.40. The van der Waals surface area contributed by atoms with E-state index in [0.29, 0.717) is 6.42 Å². The Morgan fingerprint density at radius 1 is 1.18 bits per heavy atom. The molecule has 1 saturated carbocycles. The van der Waals surface area contributed by atoms with E-state index in [0.717, 1.165) is 9.36 Å². The van der Waals surface area contributed by atoms with E-state index in [1.807, 2.05) is 0 Å². The maximum absolute atomic E-state index is 12.8. The fourth-order valence-corrected chi connectivity index (χ4v) is 3.51. The SMILES string of the molecule is Cn1nnn(CCOc2c(Cl)ccc(C(=O)C3C(=O)CCCC3=O)c2Cl)c1=O. The van der Waals surface area contributed by atoms with Crippen LogP contribution in [0.4, 0.5) is 0 Å². The van der Waals surface area contributed by atoms with Gasteiger partial charge in [-0.05, 0) is 29.0 Å². The molecule has 1 aromatic carbocycles. The molecule has 148 valence electrons. The molecule has 9 nitrogen and oxygen atoms in total. The molecule has 0 N–H and O–H groups in total. The van der Waals surface area contributed by atoms with Crippen molar-refractivity contribution in [2.75, 3.05) is 6.61 Å². The molecule has 2 aromatic rings. The maximum Gasteiger partial charge on any atom is 0.363 e. The van der Waals surface area contributed by atoms with Crippen molar-refractivity contribution in [2.45, 2.75) is 25.8 Å². The fraction of sp³-hybridized carbons (Fsp3) is 0.412. The van der Waals surface area contributed by atoms with Crippen LogP contribution in [0.15, 0.2) is 16.9 Å². The number of ether oxygens (including phenoxy) is 1. The molecule has 1 heterocycles. The second kappa shape index (κ2) is 8.24. The van der Waals surface area contributed by atoms with E-state index in [9.17, 15) is 19.2 Å². The Labute approximate surface area is 169 Å². The first-order chi connectivity index (χ1) is 13.3. The summed E-state index contributed by atoms with van der Waals surface area (Å²) < 4.78 is 7.71. The number of tetrazole rings is 1. The predicted molar refractivity (Wildman–Crippen MR) is 98.9 cm³/mol. The van der Waals surface area contributed by atoms with Gasteiger partial charge in [-0.15, -0.1) is 0 Å². The topological polar surface area (TPSA) is 113 Å². The van der Waals surface area contributed by atoms with E-state index in [4.69, 9.17) is 27.9 Å². The van der Waals surface area contributed by atoms with Gasteiger partial charge in [-0.2, -0.15) is 9.36 Å². The monoisotopic (exact) mass is 426 g/mol. The molecule has 0 saturated heterocycles. The van der Waals surface area contributed by atoms with Gasteiger partial charge in [0.15, 0.2) is 23.1 Å². The fourth-order valence-electron chi connectivity index (χ4n) is 2.93.